The summed E-state index contributed by atoms with van der Waals surface area (Å²) in [7, 11) is 1.45. The first kappa shape index (κ1) is 19.5. The van der Waals surface area contributed by atoms with Gasteiger partial charge in [-0.2, -0.15) is 0 Å². The number of rotatable bonds is 5. The molecule has 5 nitrogen and oxygen atoms in total. The molecule has 2 amide bonds. The van der Waals surface area contributed by atoms with E-state index >= 15 is 0 Å². The predicted molar refractivity (Wildman–Crippen MR) is 109 cm³/mol. The van der Waals surface area contributed by atoms with Crippen molar-refractivity contribution in [1.29, 1.82) is 0 Å². The number of halogens is 1. The third-order valence-corrected chi connectivity index (χ3v) is 4.43. The predicted octanol–water partition coefficient (Wildman–Crippen LogP) is 4.01. The topological polar surface area (TPSA) is 67.4 Å². The number of methoxy groups -OCH3 is 1. The van der Waals surface area contributed by atoms with Gasteiger partial charge in [-0.25, -0.2) is 0 Å². The van der Waals surface area contributed by atoms with Crippen LogP contribution in [0.2, 0.25) is 5.02 Å². The van der Waals surface area contributed by atoms with Gasteiger partial charge in [-0.1, -0.05) is 60.1 Å². The van der Waals surface area contributed by atoms with Gasteiger partial charge in [0.05, 0.1) is 12.7 Å². The maximum Gasteiger partial charge on any atom is 0.273 e. The van der Waals surface area contributed by atoms with Crippen molar-refractivity contribution in [3.05, 3.63) is 100 Å². The Morgan fingerprint density at radius 2 is 1.50 bits per heavy atom. The lowest BCUT2D eigenvalue weighted by Gasteiger charge is -2.13. The lowest BCUT2D eigenvalue weighted by molar-refractivity contribution is 0.0844. The molecule has 0 aromatic heterocycles. The number of hydrogen-bond donors (Lipinski definition) is 2. The second-order valence-corrected chi connectivity index (χ2v) is 6.51. The van der Waals surface area contributed by atoms with E-state index < -0.39 is 11.8 Å². The number of benzene rings is 3. The molecule has 3 aromatic rings. The van der Waals surface area contributed by atoms with Crippen molar-refractivity contribution in [2.45, 2.75) is 6.42 Å². The zero-order valence-corrected chi connectivity index (χ0v) is 16.0. The Balaban J connectivity index is 1.71. The first-order chi connectivity index (χ1) is 13.6. The molecule has 142 valence electrons. The van der Waals surface area contributed by atoms with Crippen LogP contribution in [0, 0.1) is 0 Å². The SMILES string of the molecule is COc1cc(Cl)ccc1C(=O)NNC(=O)c1ccccc1Cc1ccccc1. The largest absolute Gasteiger partial charge is 0.496 e. The summed E-state index contributed by atoms with van der Waals surface area (Å²) in [6.07, 6.45) is 0.614. The van der Waals surface area contributed by atoms with Crippen molar-refractivity contribution in [1.82, 2.24) is 10.9 Å². The minimum absolute atomic E-state index is 0.268. The Morgan fingerprint density at radius 3 is 2.21 bits per heavy atom. The molecule has 0 aliphatic rings. The number of ether oxygens (including phenoxy) is 1. The van der Waals surface area contributed by atoms with E-state index in [4.69, 9.17) is 16.3 Å². The Hall–Kier alpha value is -3.31. The van der Waals surface area contributed by atoms with E-state index in [0.717, 1.165) is 11.1 Å². The normalized spacial score (nSPS) is 10.2. The minimum atomic E-state index is -0.498. The second-order valence-electron chi connectivity index (χ2n) is 6.07. The fourth-order valence-corrected chi connectivity index (χ4v) is 2.97. The van der Waals surface area contributed by atoms with E-state index in [2.05, 4.69) is 10.9 Å². The number of nitrogens with one attached hydrogen (secondary N) is 2. The van der Waals surface area contributed by atoms with Crippen molar-refractivity contribution in [3.63, 3.8) is 0 Å². The number of carbonyl (C=O) groups excluding carboxylic acids is 2. The van der Waals surface area contributed by atoms with Gasteiger partial charge in [0, 0.05) is 10.6 Å². The highest BCUT2D eigenvalue weighted by molar-refractivity contribution is 6.30. The molecule has 0 saturated carbocycles. The van der Waals surface area contributed by atoms with Gasteiger partial charge in [0.15, 0.2) is 0 Å². The van der Waals surface area contributed by atoms with Crippen LogP contribution in [0.1, 0.15) is 31.8 Å². The summed E-state index contributed by atoms with van der Waals surface area (Å²) in [6, 6.07) is 21.8. The Morgan fingerprint density at radius 1 is 0.857 bits per heavy atom. The molecule has 0 fully saturated rings. The van der Waals surface area contributed by atoms with E-state index in [9.17, 15) is 9.59 Å². The molecule has 3 rings (SSSR count). The highest BCUT2D eigenvalue weighted by Gasteiger charge is 2.15. The van der Waals surface area contributed by atoms with Gasteiger partial charge in [-0.15, -0.1) is 0 Å². The Bertz CT molecular complexity index is 990. The van der Waals surface area contributed by atoms with E-state index in [-0.39, 0.29) is 5.56 Å². The van der Waals surface area contributed by atoms with Crippen LogP contribution in [0.3, 0.4) is 0 Å². The molecule has 0 saturated heterocycles. The highest BCUT2D eigenvalue weighted by Crippen LogP contribution is 2.22. The van der Waals surface area contributed by atoms with Crippen LogP contribution >= 0.6 is 11.6 Å². The van der Waals surface area contributed by atoms with Crippen molar-refractivity contribution >= 4 is 23.4 Å². The molecular weight excluding hydrogens is 376 g/mol. The van der Waals surface area contributed by atoms with Crippen LogP contribution in [0.15, 0.2) is 72.8 Å². The molecular formula is C22H19ClN2O3. The maximum absolute atomic E-state index is 12.6. The molecule has 0 heterocycles. The van der Waals surface area contributed by atoms with Gasteiger partial charge in [0.1, 0.15) is 5.75 Å². The molecule has 3 aromatic carbocycles. The summed E-state index contributed by atoms with van der Waals surface area (Å²) in [6.45, 7) is 0. The van der Waals surface area contributed by atoms with E-state index in [0.29, 0.717) is 22.8 Å². The zero-order chi connectivity index (χ0) is 19.9. The lowest BCUT2D eigenvalue weighted by Crippen LogP contribution is -2.42. The van der Waals surface area contributed by atoms with Gasteiger partial charge in [0.25, 0.3) is 11.8 Å². The fraction of sp³-hybridized carbons (Fsp3) is 0.0909. The molecule has 0 unspecified atom stereocenters. The van der Waals surface area contributed by atoms with Crippen LogP contribution < -0.4 is 15.6 Å². The van der Waals surface area contributed by atoms with Gasteiger partial charge in [-0.05, 0) is 41.8 Å². The van der Waals surface area contributed by atoms with E-state index in [1.807, 2.05) is 42.5 Å². The Labute approximate surface area is 168 Å². The smallest absolute Gasteiger partial charge is 0.273 e. The van der Waals surface area contributed by atoms with Crippen molar-refractivity contribution < 1.29 is 14.3 Å². The molecule has 0 aliphatic carbocycles. The molecule has 2 N–H and O–H groups in total. The van der Waals surface area contributed by atoms with Crippen molar-refractivity contribution in [2.24, 2.45) is 0 Å². The van der Waals surface area contributed by atoms with Gasteiger partial charge in [-0.3, -0.25) is 20.4 Å². The summed E-state index contributed by atoms with van der Waals surface area (Å²) >= 11 is 5.91. The summed E-state index contributed by atoms with van der Waals surface area (Å²) in [5.74, 6) is -0.570. The summed E-state index contributed by atoms with van der Waals surface area (Å²) in [4.78, 5) is 25.0. The van der Waals surface area contributed by atoms with Crippen LogP contribution in [-0.4, -0.2) is 18.9 Å². The maximum atomic E-state index is 12.6. The van der Waals surface area contributed by atoms with E-state index in [1.54, 1.807) is 18.2 Å². The van der Waals surface area contributed by atoms with Gasteiger partial charge < -0.3 is 4.74 Å². The van der Waals surface area contributed by atoms with Crippen LogP contribution in [0.25, 0.3) is 0 Å². The summed E-state index contributed by atoms with van der Waals surface area (Å²) in [5, 5.41) is 0.451. The number of amides is 2. The molecule has 6 heteroatoms. The van der Waals surface area contributed by atoms with Crippen LogP contribution in [-0.2, 0) is 6.42 Å². The Kier molecular flexibility index (Phi) is 6.29. The molecule has 0 aliphatic heterocycles. The quantitative estimate of drug-likeness (QED) is 0.642. The first-order valence-corrected chi connectivity index (χ1v) is 9.02. The first-order valence-electron chi connectivity index (χ1n) is 8.64. The number of hydrazine groups is 1. The van der Waals surface area contributed by atoms with Crippen molar-refractivity contribution in [3.8, 4) is 5.75 Å². The molecule has 0 radical (unpaired) electrons. The number of carbonyl (C=O) groups is 2. The van der Waals surface area contributed by atoms with Gasteiger partial charge >= 0.3 is 0 Å². The molecule has 0 bridgehead atoms. The minimum Gasteiger partial charge on any atom is -0.496 e. The van der Waals surface area contributed by atoms with Crippen molar-refractivity contribution in [2.75, 3.05) is 7.11 Å². The van der Waals surface area contributed by atoms with Crippen LogP contribution in [0.4, 0.5) is 0 Å². The average Bonchev–Trinajstić information content (AvgIpc) is 2.72. The lowest BCUT2D eigenvalue weighted by atomic mass is 9.99. The van der Waals surface area contributed by atoms with Crippen LogP contribution in [0.5, 0.6) is 5.75 Å². The monoisotopic (exact) mass is 394 g/mol. The van der Waals surface area contributed by atoms with Gasteiger partial charge in [0.2, 0.25) is 0 Å². The second kappa shape index (κ2) is 9.06. The average molecular weight is 395 g/mol. The fourth-order valence-electron chi connectivity index (χ4n) is 2.81. The molecule has 0 atom stereocenters. The third-order valence-electron chi connectivity index (χ3n) is 4.20. The summed E-state index contributed by atoms with van der Waals surface area (Å²) < 4.78 is 5.17. The molecule has 28 heavy (non-hydrogen) atoms. The highest BCUT2D eigenvalue weighted by atomic mass is 35.5. The summed E-state index contributed by atoms with van der Waals surface area (Å²) in [5.41, 5.74) is 7.61. The molecule has 0 spiro atoms. The zero-order valence-electron chi connectivity index (χ0n) is 15.2. The third kappa shape index (κ3) is 4.69. The standard InChI is InChI=1S/C22H19ClN2O3/c1-28-20-14-17(23)11-12-19(20)22(27)25-24-21(26)18-10-6-5-9-16(18)13-15-7-3-2-4-8-15/h2-12,14H,13H2,1H3,(H,24,26)(H,25,27). The number of hydrogen-bond acceptors (Lipinski definition) is 3. The van der Waals surface area contributed by atoms with E-state index in [1.165, 1.54) is 19.2 Å².